The van der Waals surface area contributed by atoms with E-state index in [0.29, 0.717) is 25.9 Å². The van der Waals surface area contributed by atoms with Gasteiger partial charge in [-0.15, -0.1) is 0 Å². The van der Waals surface area contributed by atoms with Gasteiger partial charge in [0.1, 0.15) is 0 Å². The molecule has 0 radical (unpaired) electrons. The number of carbonyl (C=O) groups is 2. The molecule has 1 amide bonds. The Balaban J connectivity index is 3.39. The van der Waals surface area contributed by atoms with Gasteiger partial charge >= 0.3 is 5.97 Å². The number of aliphatic hydroxyl groups is 2. The predicted molar refractivity (Wildman–Crippen MR) is 269 cm³/mol. The predicted octanol–water partition coefficient (Wildman–Crippen LogP) is 16.9. The molecule has 0 saturated heterocycles. The Bertz CT molecular complexity index is 924. The fourth-order valence-corrected chi connectivity index (χ4v) is 8.75. The van der Waals surface area contributed by atoms with Crippen LogP contribution in [0.3, 0.4) is 0 Å². The summed E-state index contributed by atoms with van der Waals surface area (Å²) in [5.74, 6) is -0.0414. The highest BCUT2D eigenvalue weighted by molar-refractivity contribution is 5.76. The van der Waals surface area contributed by atoms with Crippen molar-refractivity contribution in [1.82, 2.24) is 5.32 Å². The van der Waals surface area contributed by atoms with E-state index in [0.717, 1.165) is 44.9 Å². The van der Waals surface area contributed by atoms with Crippen molar-refractivity contribution in [1.29, 1.82) is 0 Å². The minimum atomic E-state index is -0.667. The van der Waals surface area contributed by atoms with E-state index in [9.17, 15) is 19.8 Å². The number of hydrogen-bond donors (Lipinski definition) is 3. The first-order chi connectivity index (χ1) is 30.5. The van der Waals surface area contributed by atoms with Crippen LogP contribution >= 0.6 is 0 Å². The van der Waals surface area contributed by atoms with Gasteiger partial charge in [-0.25, -0.2) is 0 Å². The molecule has 0 spiro atoms. The minimum Gasteiger partial charge on any atom is -0.466 e. The zero-order valence-corrected chi connectivity index (χ0v) is 41.9. The van der Waals surface area contributed by atoms with Crippen LogP contribution in [0.1, 0.15) is 309 Å². The van der Waals surface area contributed by atoms with E-state index in [4.69, 9.17) is 4.74 Å². The smallest absolute Gasteiger partial charge is 0.305 e. The number of allylic oxidation sites excluding steroid dienone is 2. The highest BCUT2D eigenvalue weighted by atomic mass is 16.5. The number of ether oxygens (including phenoxy) is 1. The second-order valence-corrected chi connectivity index (χ2v) is 19.3. The minimum absolute atomic E-state index is 0.000577. The lowest BCUT2D eigenvalue weighted by Crippen LogP contribution is -2.45. The Morgan fingerprint density at radius 2 is 0.758 bits per heavy atom. The average molecular weight is 876 g/mol. The number of aliphatic hydroxyl groups excluding tert-OH is 2. The standard InChI is InChI=1S/C56H109NO5/c1-3-5-7-9-11-13-15-16-17-18-19-23-26-30-34-38-42-46-50-56(61)62-51-47-43-39-35-31-27-24-21-20-22-25-29-33-37-41-45-49-55(60)57-53(52-58)54(59)48-44-40-36-32-28-14-12-10-8-6-4-2/h17-18,53-54,58-59H,3-16,19-52H2,1-2H3,(H,57,60)/b18-17-. The molecule has 0 rings (SSSR count). The highest BCUT2D eigenvalue weighted by Gasteiger charge is 2.20. The molecular weight excluding hydrogens is 767 g/mol. The Hall–Kier alpha value is -1.40. The van der Waals surface area contributed by atoms with E-state index in [2.05, 4.69) is 31.3 Å². The lowest BCUT2D eigenvalue weighted by Gasteiger charge is -2.22. The normalized spacial score (nSPS) is 12.6. The molecule has 0 fully saturated rings. The Morgan fingerprint density at radius 1 is 0.435 bits per heavy atom. The summed E-state index contributed by atoms with van der Waals surface area (Å²) in [6.07, 6.45) is 60.5. The van der Waals surface area contributed by atoms with Gasteiger partial charge in [0.05, 0.1) is 25.4 Å². The Labute approximate surface area is 387 Å². The lowest BCUT2D eigenvalue weighted by atomic mass is 10.0. The third-order valence-electron chi connectivity index (χ3n) is 13.1. The molecule has 2 unspecified atom stereocenters. The summed E-state index contributed by atoms with van der Waals surface area (Å²) >= 11 is 0. The molecule has 0 aliphatic heterocycles. The van der Waals surface area contributed by atoms with Gasteiger partial charge < -0.3 is 20.3 Å². The zero-order valence-electron chi connectivity index (χ0n) is 41.9. The fraction of sp³-hybridized carbons (Fsp3) is 0.929. The summed E-state index contributed by atoms with van der Waals surface area (Å²) < 4.78 is 5.48. The average Bonchev–Trinajstić information content (AvgIpc) is 3.27. The van der Waals surface area contributed by atoms with E-state index < -0.39 is 12.1 Å². The first-order valence-electron chi connectivity index (χ1n) is 27.9. The van der Waals surface area contributed by atoms with Gasteiger partial charge in [0.25, 0.3) is 0 Å². The summed E-state index contributed by atoms with van der Waals surface area (Å²) in [6.45, 7) is 4.94. The van der Waals surface area contributed by atoms with Gasteiger partial charge in [0.2, 0.25) is 5.91 Å². The largest absolute Gasteiger partial charge is 0.466 e. The second kappa shape index (κ2) is 52.2. The summed E-state index contributed by atoms with van der Waals surface area (Å²) in [5.41, 5.74) is 0. The first-order valence-corrected chi connectivity index (χ1v) is 27.9. The van der Waals surface area contributed by atoms with Crippen LogP contribution in [0.5, 0.6) is 0 Å². The van der Waals surface area contributed by atoms with Crippen LogP contribution in [0.15, 0.2) is 12.2 Å². The van der Waals surface area contributed by atoms with Crippen molar-refractivity contribution in [2.45, 2.75) is 321 Å². The highest BCUT2D eigenvalue weighted by Crippen LogP contribution is 2.17. The quantitative estimate of drug-likeness (QED) is 0.0321. The molecule has 6 nitrogen and oxygen atoms in total. The number of amides is 1. The van der Waals surface area contributed by atoms with Crippen molar-refractivity contribution in [3.8, 4) is 0 Å². The monoisotopic (exact) mass is 876 g/mol. The zero-order chi connectivity index (χ0) is 45.1. The van der Waals surface area contributed by atoms with Crippen molar-refractivity contribution in [3.05, 3.63) is 12.2 Å². The maximum atomic E-state index is 12.4. The number of rotatable bonds is 52. The van der Waals surface area contributed by atoms with Gasteiger partial charge in [-0.1, -0.05) is 257 Å². The number of hydrogen-bond acceptors (Lipinski definition) is 5. The molecule has 6 heteroatoms. The van der Waals surface area contributed by atoms with Gasteiger partial charge in [-0.2, -0.15) is 0 Å². The summed E-state index contributed by atoms with van der Waals surface area (Å²) in [6, 6.07) is -0.544. The topological polar surface area (TPSA) is 95.9 Å². The van der Waals surface area contributed by atoms with Crippen LogP contribution in [-0.4, -0.2) is 47.4 Å². The maximum Gasteiger partial charge on any atom is 0.305 e. The van der Waals surface area contributed by atoms with Crippen LogP contribution in [0.2, 0.25) is 0 Å². The van der Waals surface area contributed by atoms with E-state index in [1.54, 1.807) is 0 Å². The summed E-state index contributed by atoms with van der Waals surface area (Å²) in [7, 11) is 0. The van der Waals surface area contributed by atoms with Crippen molar-refractivity contribution in [3.63, 3.8) is 0 Å². The number of esters is 1. The van der Waals surface area contributed by atoms with Gasteiger partial charge in [0, 0.05) is 12.8 Å². The lowest BCUT2D eigenvalue weighted by molar-refractivity contribution is -0.143. The molecule has 0 heterocycles. The molecule has 0 saturated carbocycles. The molecule has 0 aromatic heterocycles. The van der Waals surface area contributed by atoms with Gasteiger partial charge in [0.15, 0.2) is 0 Å². The number of unbranched alkanes of at least 4 members (excludes halogenated alkanes) is 39. The van der Waals surface area contributed by atoms with Crippen LogP contribution in [0.4, 0.5) is 0 Å². The van der Waals surface area contributed by atoms with E-state index in [-0.39, 0.29) is 18.5 Å². The van der Waals surface area contributed by atoms with Crippen molar-refractivity contribution >= 4 is 11.9 Å². The molecule has 0 aliphatic carbocycles. The van der Waals surface area contributed by atoms with Crippen molar-refractivity contribution in [2.75, 3.05) is 13.2 Å². The second-order valence-electron chi connectivity index (χ2n) is 19.3. The molecule has 368 valence electrons. The third-order valence-corrected chi connectivity index (χ3v) is 13.1. The summed E-state index contributed by atoms with van der Waals surface area (Å²) in [5, 5.41) is 23.2. The van der Waals surface area contributed by atoms with Crippen LogP contribution < -0.4 is 5.32 Å². The molecule has 0 aromatic rings. The first kappa shape index (κ1) is 60.6. The van der Waals surface area contributed by atoms with Gasteiger partial charge in [-0.3, -0.25) is 9.59 Å². The molecule has 0 bridgehead atoms. The van der Waals surface area contributed by atoms with Gasteiger partial charge in [-0.05, 0) is 51.4 Å². The molecule has 0 aromatic carbocycles. The molecule has 0 aliphatic rings. The molecule has 62 heavy (non-hydrogen) atoms. The van der Waals surface area contributed by atoms with Crippen molar-refractivity contribution < 1.29 is 24.5 Å². The van der Waals surface area contributed by atoms with Crippen LogP contribution in [-0.2, 0) is 14.3 Å². The fourth-order valence-electron chi connectivity index (χ4n) is 8.75. The molecular formula is C56H109NO5. The maximum absolute atomic E-state index is 12.4. The van der Waals surface area contributed by atoms with Crippen LogP contribution in [0, 0.1) is 0 Å². The Morgan fingerprint density at radius 3 is 1.15 bits per heavy atom. The van der Waals surface area contributed by atoms with E-state index in [1.807, 2.05) is 0 Å². The molecule has 3 N–H and O–H groups in total. The van der Waals surface area contributed by atoms with E-state index in [1.165, 1.54) is 231 Å². The van der Waals surface area contributed by atoms with Crippen molar-refractivity contribution in [2.24, 2.45) is 0 Å². The Kier molecular flexibility index (Phi) is 51.0. The summed E-state index contributed by atoms with van der Waals surface area (Å²) in [4.78, 5) is 24.5. The molecule has 2 atom stereocenters. The third kappa shape index (κ3) is 48.1. The number of nitrogens with one attached hydrogen (secondary N) is 1. The SMILES string of the molecule is CCCCCCCCC/C=C\CCCCCCCCCC(=O)OCCCCCCCCCCCCCCCCCCC(=O)NC(CO)C(O)CCCCCCCCCCCCC. The van der Waals surface area contributed by atoms with E-state index >= 15 is 0 Å². The number of carbonyl (C=O) groups excluding carboxylic acids is 2. The van der Waals surface area contributed by atoms with Crippen LogP contribution in [0.25, 0.3) is 0 Å².